The SMILES string of the molecule is COc1cc(NC(=O)C(=O)NC(C)(C)CCOc2ccc(C(C)=O)cc2)ccc1-c1cnco1. The third-order valence-electron chi connectivity index (χ3n) is 5.07. The van der Waals surface area contributed by atoms with E-state index < -0.39 is 17.4 Å². The molecule has 0 saturated carbocycles. The average molecular weight is 466 g/mol. The molecule has 0 aliphatic heterocycles. The minimum Gasteiger partial charge on any atom is -0.496 e. The first kappa shape index (κ1) is 24.5. The van der Waals surface area contributed by atoms with E-state index in [9.17, 15) is 14.4 Å². The Morgan fingerprint density at radius 3 is 2.41 bits per heavy atom. The van der Waals surface area contributed by atoms with Crippen LogP contribution in [0.3, 0.4) is 0 Å². The van der Waals surface area contributed by atoms with Crippen molar-refractivity contribution in [2.75, 3.05) is 19.0 Å². The zero-order valence-electron chi connectivity index (χ0n) is 19.5. The van der Waals surface area contributed by atoms with E-state index in [4.69, 9.17) is 13.9 Å². The fourth-order valence-corrected chi connectivity index (χ4v) is 3.15. The predicted octanol–water partition coefficient (Wildman–Crippen LogP) is 3.86. The van der Waals surface area contributed by atoms with Gasteiger partial charge in [-0.2, -0.15) is 0 Å². The Morgan fingerprint density at radius 2 is 1.79 bits per heavy atom. The Hall–Kier alpha value is -4.14. The van der Waals surface area contributed by atoms with Gasteiger partial charge in [0.2, 0.25) is 0 Å². The van der Waals surface area contributed by atoms with E-state index in [1.54, 1.807) is 62.5 Å². The van der Waals surface area contributed by atoms with Crippen molar-refractivity contribution >= 4 is 23.3 Å². The molecule has 9 nitrogen and oxygen atoms in total. The third kappa shape index (κ3) is 6.44. The quantitative estimate of drug-likeness (QED) is 0.364. The Bertz CT molecular complexity index is 1150. The van der Waals surface area contributed by atoms with Gasteiger partial charge in [0.1, 0.15) is 11.5 Å². The maximum absolute atomic E-state index is 12.5. The smallest absolute Gasteiger partial charge is 0.313 e. The number of ether oxygens (including phenoxy) is 2. The molecule has 2 aromatic carbocycles. The molecule has 0 spiro atoms. The molecule has 0 aliphatic carbocycles. The van der Waals surface area contributed by atoms with Crippen LogP contribution in [0.15, 0.2) is 59.5 Å². The van der Waals surface area contributed by atoms with Gasteiger partial charge < -0.3 is 24.5 Å². The summed E-state index contributed by atoms with van der Waals surface area (Å²) in [4.78, 5) is 40.1. The molecule has 178 valence electrons. The van der Waals surface area contributed by atoms with Crippen LogP contribution in [0.1, 0.15) is 37.6 Å². The molecule has 2 amide bonds. The third-order valence-corrected chi connectivity index (χ3v) is 5.07. The lowest BCUT2D eigenvalue weighted by Gasteiger charge is -2.26. The largest absolute Gasteiger partial charge is 0.496 e. The van der Waals surface area contributed by atoms with E-state index in [2.05, 4.69) is 15.6 Å². The fourth-order valence-electron chi connectivity index (χ4n) is 3.15. The van der Waals surface area contributed by atoms with Crippen LogP contribution in [-0.4, -0.2) is 41.8 Å². The Balaban J connectivity index is 1.52. The monoisotopic (exact) mass is 465 g/mol. The van der Waals surface area contributed by atoms with Crippen LogP contribution in [0.25, 0.3) is 11.3 Å². The predicted molar refractivity (Wildman–Crippen MR) is 126 cm³/mol. The maximum Gasteiger partial charge on any atom is 0.313 e. The van der Waals surface area contributed by atoms with Crippen molar-refractivity contribution in [2.45, 2.75) is 32.7 Å². The van der Waals surface area contributed by atoms with Crippen molar-refractivity contribution in [3.8, 4) is 22.8 Å². The number of nitrogens with one attached hydrogen (secondary N) is 2. The second-order valence-corrected chi connectivity index (χ2v) is 8.25. The van der Waals surface area contributed by atoms with Gasteiger partial charge in [0.15, 0.2) is 17.9 Å². The molecule has 0 atom stereocenters. The molecule has 2 N–H and O–H groups in total. The number of ketones is 1. The van der Waals surface area contributed by atoms with Gasteiger partial charge in [0, 0.05) is 29.3 Å². The molecule has 0 saturated heterocycles. The van der Waals surface area contributed by atoms with Crippen molar-refractivity contribution in [3.63, 3.8) is 0 Å². The van der Waals surface area contributed by atoms with E-state index in [0.29, 0.717) is 47.1 Å². The summed E-state index contributed by atoms with van der Waals surface area (Å²) in [6, 6.07) is 11.8. The molecule has 0 unspecified atom stereocenters. The first-order valence-corrected chi connectivity index (χ1v) is 10.6. The van der Waals surface area contributed by atoms with Crippen molar-refractivity contribution in [1.82, 2.24) is 10.3 Å². The van der Waals surface area contributed by atoms with Crippen LogP contribution in [-0.2, 0) is 9.59 Å². The molecule has 3 rings (SSSR count). The number of amides is 2. The molecule has 1 aromatic heterocycles. The summed E-state index contributed by atoms with van der Waals surface area (Å²) in [6.07, 6.45) is 3.32. The Morgan fingerprint density at radius 1 is 1.06 bits per heavy atom. The van der Waals surface area contributed by atoms with E-state index in [1.165, 1.54) is 20.4 Å². The number of aromatic nitrogens is 1. The van der Waals surface area contributed by atoms with E-state index in [0.717, 1.165) is 0 Å². The van der Waals surface area contributed by atoms with E-state index in [-0.39, 0.29) is 5.78 Å². The summed E-state index contributed by atoms with van der Waals surface area (Å²) in [5.74, 6) is 0.0119. The number of methoxy groups -OCH3 is 1. The summed E-state index contributed by atoms with van der Waals surface area (Å²) in [7, 11) is 1.50. The van der Waals surface area contributed by atoms with Crippen molar-refractivity contribution in [2.24, 2.45) is 0 Å². The lowest BCUT2D eigenvalue weighted by atomic mass is 10.0. The maximum atomic E-state index is 12.5. The molecule has 0 fully saturated rings. The van der Waals surface area contributed by atoms with Crippen LogP contribution >= 0.6 is 0 Å². The average Bonchev–Trinajstić information content (AvgIpc) is 3.33. The van der Waals surface area contributed by atoms with Gasteiger partial charge in [-0.05, 0) is 57.2 Å². The molecule has 34 heavy (non-hydrogen) atoms. The Kier molecular flexibility index (Phi) is 7.68. The highest BCUT2D eigenvalue weighted by Crippen LogP contribution is 2.32. The second kappa shape index (κ2) is 10.7. The highest BCUT2D eigenvalue weighted by atomic mass is 16.5. The number of nitrogens with zero attached hydrogens (tertiary/aromatic N) is 1. The number of carbonyl (C=O) groups is 3. The van der Waals surface area contributed by atoms with Crippen LogP contribution in [0.2, 0.25) is 0 Å². The second-order valence-electron chi connectivity index (χ2n) is 8.25. The molecule has 0 bridgehead atoms. The number of hydrogen-bond donors (Lipinski definition) is 2. The number of rotatable bonds is 9. The van der Waals surface area contributed by atoms with Crippen molar-refractivity contribution < 1.29 is 28.3 Å². The van der Waals surface area contributed by atoms with Gasteiger partial charge in [0.05, 0.1) is 25.5 Å². The zero-order valence-corrected chi connectivity index (χ0v) is 19.5. The van der Waals surface area contributed by atoms with Crippen molar-refractivity contribution in [3.05, 3.63) is 60.6 Å². The molecule has 0 radical (unpaired) electrons. The highest BCUT2D eigenvalue weighted by molar-refractivity contribution is 6.39. The van der Waals surface area contributed by atoms with Gasteiger partial charge in [0.25, 0.3) is 0 Å². The van der Waals surface area contributed by atoms with Gasteiger partial charge >= 0.3 is 11.8 Å². The van der Waals surface area contributed by atoms with Crippen LogP contribution in [0, 0.1) is 0 Å². The van der Waals surface area contributed by atoms with Gasteiger partial charge in [-0.15, -0.1) is 0 Å². The Labute approximate surface area is 197 Å². The van der Waals surface area contributed by atoms with E-state index >= 15 is 0 Å². The number of carbonyl (C=O) groups excluding carboxylic acids is 3. The first-order valence-electron chi connectivity index (χ1n) is 10.6. The summed E-state index contributed by atoms with van der Waals surface area (Å²) < 4.78 is 16.3. The fraction of sp³-hybridized carbons (Fsp3) is 0.280. The molecule has 3 aromatic rings. The number of benzene rings is 2. The lowest BCUT2D eigenvalue weighted by Crippen LogP contribution is -2.48. The lowest BCUT2D eigenvalue weighted by molar-refractivity contribution is -0.137. The van der Waals surface area contributed by atoms with Gasteiger partial charge in [-0.1, -0.05) is 0 Å². The van der Waals surface area contributed by atoms with Gasteiger partial charge in [-0.25, -0.2) is 4.98 Å². The number of hydrogen-bond acceptors (Lipinski definition) is 7. The standard InChI is InChI=1S/C25H27N3O6/c1-16(29)17-5-8-19(9-6-17)33-12-11-25(2,3)28-24(31)23(30)27-18-7-10-20(21(13-18)32-4)22-14-26-15-34-22/h5-10,13-15H,11-12H2,1-4H3,(H,27,30)(H,28,31). The minimum absolute atomic E-state index is 0.0158. The number of Topliss-reactive ketones (excluding diaryl/α,β-unsaturated/α-hetero) is 1. The summed E-state index contributed by atoms with van der Waals surface area (Å²) in [5.41, 5.74) is 0.979. The zero-order chi connectivity index (χ0) is 24.7. The van der Waals surface area contributed by atoms with Crippen LogP contribution in [0.4, 0.5) is 5.69 Å². The summed E-state index contributed by atoms with van der Waals surface area (Å²) in [6.45, 7) is 5.42. The topological polar surface area (TPSA) is 120 Å². The van der Waals surface area contributed by atoms with Crippen molar-refractivity contribution in [1.29, 1.82) is 0 Å². The van der Waals surface area contributed by atoms with Crippen LogP contribution < -0.4 is 20.1 Å². The van der Waals surface area contributed by atoms with Crippen LogP contribution in [0.5, 0.6) is 11.5 Å². The highest BCUT2D eigenvalue weighted by Gasteiger charge is 2.25. The summed E-state index contributed by atoms with van der Waals surface area (Å²) in [5, 5.41) is 5.29. The normalized spacial score (nSPS) is 10.9. The van der Waals surface area contributed by atoms with Gasteiger partial charge in [-0.3, -0.25) is 14.4 Å². The first-order chi connectivity index (χ1) is 16.2. The molecule has 0 aliphatic rings. The molecule has 1 heterocycles. The number of oxazole rings is 1. The number of anilines is 1. The van der Waals surface area contributed by atoms with E-state index in [1.807, 2.05) is 0 Å². The molecule has 9 heteroatoms. The summed E-state index contributed by atoms with van der Waals surface area (Å²) >= 11 is 0. The minimum atomic E-state index is -0.803. The molecular weight excluding hydrogens is 438 g/mol. The molecular formula is C25H27N3O6.